The molecule has 5 rings (SSSR count). The molecule has 0 spiro atoms. The van der Waals surface area contributed by atoms with Gasteiger partial charge < -0.3 is 24.8 Å². The smallest absolute Gasteiger partial charge is 0.326 e. The van der Waals surface area contributed by atoms with E-state index in [1.165, 1.54) is 4.90 Å². The number of benzene rings is 3. The van der Waals surface area contributed by atoms with E-state index in [0.29, 0.717) is 28.3 Å². The van der Waals surface area contributed by atoms with E-state index in [2.05, 4.69) is 5.32 Å². The highest BCUT2D eigenvalue weighted by Crippen LogP contribution is 2.33. The molecule has 35 heavy (non-hydrogen) atoms. The van der Waals surface area contributed by atoms with Crippen molar-refractivity contribution < 1.29 is 29.0 Å². The van der Waals surface area contributed by atoms with E-state index in [0.717, 1.165) is 16.7 Å². The second-order valence-electron chi connectivity index (χ2n) is 8.93. The van der Waals surface area contributed by atoms with Gasteiger partial charge in [0.2, 0.25) is 6.79 Å². The van der Waals surface area contributed by atoms with Crippen molar-refractivity contribution in [3.63, 3.8) is 0 Å². The molecule has 8 heteroatoms. The molecule has 0 aliphatic carbocycles. The number of ether oxygens (including phenoxy) is 2. The number of carboxylic acid groups (broad SMARTS) is 1. The van der Waals surface area contributed by atoms with E-state index in [4.69, 9.17) is 9.47 Å². The summed E-state index contributed by atoms with van der Waals surface area (Å²) >= 11 is 0. The number of rotatable bonds is 6. The Balaban J connectivity index is 1.31. The van der Waals surface area contributed by atoms with Crippen LogP contribution in [0.3, 0.4) is 0 Å². The Morgan fingerprint density at radius 1 is 0.943 bits per heavy atom. The molecule has 0 saturated carbocycles. The maximum Gasteiger partial charge on any atom is 0.326 e. The van der Waals surface area contributed by atoms with Gasteiger partial charge in [-0.1, -0.05) is 38.1 Å². The molecule has 1 unspecified atom stereocenters. The summed E-state index contributed by atoms with van der Waals surface area (Å²) in [5.41, 5.74) is 4.14. The Morgan fingerprint density at radius 3 is 2.37 bits per heavy atom. The third kappa shape index (κ3) is 4.19. The lowest BCUT2D eigenvalue weighted by atomic mass is 10.00. The second kappa shape index (κ2) is 8.79. The standard InChI is InChI=1S/C27H24N2O6/c1-15(2)24(27(32)33)29-13-19-4-3-17(11-21(19)26(29)31)16-5-8-20(9-6-16)28-25(30)18-7-10-22-23(12-18)35-14-34-22/h3-12,15,24H,13-14H2,1-2H3,(H,28,30)(H,32,33). The van der Waals surface area contributed by atoms with Gasteiger partial charge >= 0.3 is 5.97 Å². The lowest BCUT2D eigenvalue weighted by Crippen LogP contribution is -2.44. The Morgan fingerprint density at radius 2 is 1.66 bits per heavy atom. The van der Waals surface area contributed by atoms with E-state index in [1.54, 1.807) is 50.2 Å². The van der Waals surface area contributed by atoms with E-state index < -0.39 is 12.0 Å². The highest BCUT2D eigenvalue weighted by molar-refractivity contribution is 6.05. The summed E-state index contributed by atoms with van der Waals surface area (Å²) < 4.78 is 10.6. The summed E-state index contributed by atoms with van der Waals surface area (Å²) in [6.07, 6.45) is 0. The highest BCUT2D eigenvalue weighted by atomic mass is 16.7. The predicted octanol–water partition coefficient (Wildman–Crippen LogP) is 4.40. The third-order valence-electron chi connectivity index (χ3n) is 6.27. The molecule has 2 aliphatic rings. The van der Waals surface area contributed by atoms with Crippen molar-refractivity contribution in [1.82, 2.24) is 4.90 Å². The van der Waals surface area contributed by atoms with Crippen molar-refractivity contribution in [3.05, 3.63) is 77.4 Å². The molecular formula is C27H24N2O6. The quantitative estimate of drug-likeness (QED) is 0.551. The first kappa shape index (κ1) is 22.5. The van der Waals surface area contributed by atoms with E-state index in [1.807, 2.05) is 24.3 Å². The van der Waals surface area contributed by atoms with Crippen LogP contribution < -0.4 is 14.8 Å². The average Bonchev–Trinajstić information content (AvgIpc) is 3.43. The number of carbonyl (C=O) groups excluding carboxylic acids is 2. The van der Waals surface area contributed by atoms with Gasteiger partial charge in [0.25, 0.3) is 11.8 Å². The minimum Gasteiger partial charge on any atom is -0.480 e. The first-order chi connectivity index (χ1) is 16.8. The zero-order valence-corrected chi connectivity index (χ0v) is 19.3. The maximum atomic E-state index is 13.0. The molecule has 0 saturated heterocycles. The highest BCUT2D eigenvalue weighted by Gasteiger charge is 2.38. The molecule has 0 fully saturated rings. The molecule has 1 atom stereocenters. The molecular weight excluding hydrogens is 448 g/mol. The van der Waals surface area contributed by atoms with E-state index in [-0.39, 0.29) is 31.1 Å². The average molecular weight is 472 g/mol. The molecule has 2 heterocycles. The number of amides is 2. The number of nitrogens with zero attached hydrogens (tertiary/aromatic N) is 1. The van der Waals surface area contributed by atoms with Crippen LogP contribution in [0.2, 0.25) is 0 Å². The van der Waals surface area contributed by atoms with Crippen LogP contribution >= 0.6 is 0 Å². The fraction of sp³-hybridized carbons (Fsp3) is 0.222. The van der Waals surface area contributed by atoms with Crippen LogP contribution in [0, 0.1) is 5.92 Å². The number of carboxylic acids is 1. The third-order valence-corrected chi connectivity index (χ3v) is 6.27. The summed E-state index contributed by atoms with van der Waals surface area (Å²) in [7, 11) is 0. The van der Waals surface area contributed by atoms with Crippen molar-refractivity contribution >= 4 is 23.5 Å². The molecule has 2 amide bonds. The Hall–Kier alpha value is -4.33. The molecule has 0 bridgehead atoms. The zero-order valence-electron chi connectivity index (χ0n) is 19.3. The van der Waals surface area contributed by atoms with Crippen LogP contribution in [0.1, 0.15) is 40.1 Å². The number of aliphatic carboxylic acids is 1. The van der Waals surface area contributed by atoms with Crippen LogP contribution in [-0.2, 0) is 11.3 Å². The number of nitrogens with one attached hydrogen (secondary N) is 1. The number of hydrogen-bond acceptors (Lipinski definition) is 5. The molecule has 3 aromatic rings. The molecule has 0 aromatic heterocycles. The van der Waals surface area contributed by atoms with Gasteiger partial charge in [0, 0.05) is 23.4 Å². The second-order valence-corrected chi connectivity index (χ2v) is 8.93. The monoisotopic (exact) mass is 472 g/mol. The van der Waals surface area contributed by atoms with Crippen molar-refractivity contribution in [1.29, 1.82) is 0 Å². The van der Waals surface area contributed by atoms with Gasteiger partial charge in [-0.25, -0.2) is 4.79 Å². The predicted molar refractivity (Wildman–Crippen MR) is 129 cm³/mol. The van der Waals surface area contributed by atoms with E-state index in [9.17, 15) is 19.5 Å². The summed E-state index contributed by atoms with van der Waals surface area (Å²) in [6, 6.07) is 17.1. The van der Waals surface area contributed by atoms with Gasteiger partial charge in [0.1, 0.15) is 6.04 Å². The Labute approximate surface area is 202 Å². The van der Waals surface area contributed by atoms with Crippen LogP contribution in [0.25, 0.3) is 11.1 Å². The number of carbonyl (C=O) groups is 3. The number of anilines is 1. The van der Waals surface area contributed by atoms with Crippen molar-refractivity contribution in [3.8, 4) is 22.6 Å². The molecule has 178 valence electrons. The largest absolute Gasteiger partial charge is 0.480 e. The molecule has 2 N–H and O–H groups in total. The normalized spacial score (nSPS) is 14.7. The molecule has 0 radical (unpaired) electrons. The first-order valence-corrected chi connectivity index (χ1v) is 11.3. The van der Waals surface area contributed by atoms with Crippen LogP contribution in [0.5, 0.6) is 11.5 Å². The van der Waals surface area contributed by atoms with Gasteiger partial charge in [-0.05, 0) is 59.0 Å². The minimum atomic E-state index is -1.00. The minimum absolute atomic E-state index is 0.145. The summed E-state index contributed by atoms with van der Waals surface area (Å²) in [4.78, 5) is 38.8. The first-order valence-electron chi connectivity index (χ1n) is 11.3. The SMILES string of the molecule is CC(C)C(C(=O)O)N1Cc2ccc(-c3ccc(NC(=O)c4ccc5c(c4)OCO5)cc3)cc2C1=O. The Bertz CT molecular complexity index is 1330. The van der Waals surface area contributed by atoms with Crippen molar-refractivity contribution in [2.75, 3.05) is 12.1 Å². The van der Waals surface area contributed by atoms with Gasteiger partial charge in [-0.15, -0.1) is 0 Å². The number of hydrogen-bond donors (Lipinski definition) is 2. The summed E-state index contributed by atoms with van der Waals surface area (Å²) in [6.45, 7) is 4.03. The topological polar surface area (TPSA) is 105 Å². The molecule has 2 aliphatic heterocycles. The van der Waals surface area contributed by atoms with Crippen LogP contribution in [0.15, 0.2) is 60.7 Å². The van der Waals surface area contributed by atoms with Crippen LogP contribution in [0.4, 0.5) is 5.69 Å². The maximum absolute atomic E-state index is 13.0. The molecule has 3 aromatic carbocycles. The van der Waals surface area contributed by atoms with Crippen molar-refractivity contribution in [2.45, 2.75) is 26.4 Å². The van der Waals surface area contributed by atoms with Gasteiger partial charge in [-0.3, -0.25) is 9.59 Å². The number of fused-ring (bicyclic) bond motifs is 2. The van der Waals surface area contributed by atoms with Gasteiger partial charge in [0.15, 0.2) is 11.5 Å². The summed E-state index contributed by atoms with van der Waals surface area (Å²) in [5, 5.41) is 12.5. The molecule has 8 nitrogen and oxygen atoms in total. The zero-order chi connectivity index (χ0) is 24.7. The Kier molecular flexibility index (Phi) is 5.64. The summed E-state index contributed by atoms with van der Waals surface area (Å²) in [5.74, 6) is -0.580. The fourth-order valence-electron chi connectivity index (χ4n) is 4.49. The van der Waals surface area contributed by atoms with Crippen LogP contribution in [-0.4, -0.2) is 40.6 Å². The lowest BCUT2D eigenvalue weighted by Gasteiger charge is -2.27. The van der Waals surface area contributed by atoms with E-state index >= 15 is 0 Å². The lowest BCUT2D eigenvalue weighted by molar-refractivity contribution is -0.144. The van der Waals surface area contributed by atoms with Gasteiger partial charge in [-0.2, -0.15) is 0 Å². The fourth-order valence-corrected chi connectivity index (χ4v) is 4.49. The van der Waals surface area contributed by atoms with Crippen molar-refractivity contribution in [2.24, 2.45) is 5.92 Å². The van der Waals surface area contributed by atoms with Gasteiger partial charge in [0.05, 0.1) is 0 Å².